The molecule has 0 saturated carbocycles. The minimum Gasteiger partial charge on any atom is -0.294 e. The number of alkyl halides is 3. The number of nitrogens with zero attached hydrogens (tertiary/aromatic N) is 3. The van der Waals surface area contributed by atoms with Gasteiger partial charge < -0.3 is 0 Å². The average molecular weight is 331 g/mol. The molecule has 0 N–H and O–H groups in total. The van der Waals surface area contributed by atoms with Crippen molar-refractivity contribution in [2.45, 2.75) is 61.8 Å². The molecule has 122 valence electrons. The molecule has 1 aromatic rings. The second-order valence-electron chi connectivity index (χ2n) is 6.12. The molecule has 0 aliphatic carbocycles. The molecular weight excluding hydrogens is 311 g/mol. The molecule has 2 atom stereocenters. The molecule has 3 heterocycles. The zero-order valence-electron chi connectivity index (χ0n) is 12.6. The van der Waals surface area contributed by atoms with E-state index in [9.17, 15) is 13.2 Å². The highest BCUT2D eigenvalue weighted by Crippen LogP contribution is 2.45. The van der Waals surface area contributed by atoms with Crippen molar-refractivity contribution in [3.05, 3.63) is 18.1 Å². The maximum absolute atomic E-state index is 12.7. The van der Waals surface area contributed by atoms with Crippen LogP contribution in [0.3, 0.4) is 0 Å². The lowest BCUT2D eigenvalue weighted by atomic mass is 9.91. The number of fused-ring (bicyclic) bond motifs is 1. The van der Waals surface area contributed by atoms with Crippen LogP contribution in [-0.4, -0.2) is 38.7 Å². The summed E-state index contributed by atoms with van der Waals surface area (Å²) in [6, 6.07) is 1.51. The van der Waals surface area contributed by atoms with Crippen LogP contribution in [0.5, 0.6) is 0 Å². The fourth-order valence-corrected chi connectivity index (χ4v) is 4.90. The summed E-state index contributed by atoms with van der Waals surface area (Å²) in [5.74, 6) is 0.802. The average Bonchev–Trinajstić information content (AvgIpc) is 3.04. The summed E-state index contributed by atoms with van der Waals surface area (Å²) in [7, 11) is 0. The van der Waals surface area contributed by atoms with Crippen LogP contribution in [0.1, 0.15) is 44.7 Å². The fraction of sp³-hybridized carbons (Fsp3) is 0.733. The molecule has 1 aromatic heterocycles. The molecule has 22 heavy (non-hydrogen) atoms. The highest BCUT2D eigenvalue weighted by molar-refractivity contribution is 7.99. The van der Waals surface area contributed by atoms with E-state index >= 15 is 0 Å². The minimum atomic E-state index is -4.40. The molecule has 7 heteroatoms. The van der Waals surface area contributed by atoms with Gasteiger partial charge in [-0.15, -0.1) is 11.8 Å². The standard InChI is InChI=1S/C15H20F3N3S/c1-2-14-5-3-7-21(14)11(4-6-14)9-22-13-8-12(15(16,17)18)19-10-20-13/h8,10-11H,2-7,9H2,1H3/t11-,14-/m0/s1. The predicted molar refractivity (Wildman–Crippen MR) is 79.7 cm³/mol. The van der Waals surface area contributed by atoms with Gasteiger partial charge in [-0.1, -0.05) is 6.92 Å². The third-order valence-corrected chi connectivity index (χ3v) is 6.12. The van der Waals surface area contributed by atoms with E-state index in [-0.39, 0.29) is 0 Å². The molecule has 0 unspecified atom stereocenters. The van der Waals surface area contributed by atoms with Crippen LogP contribution in [0.2, 0.25) is 0 Å². The SMILES string of the molecule is CC[C@@]12CCCN1[C@H](CSc1cc(C(F)(F)F)ncn1)CC2. The van der Waals surface area contributed by atoms with Gasteiger partial charge in [0.15, 0.2) is 0 Å². The largest absolute Gasteiger partial charge is 0.433 e. The Morgan fingerprint density at radius 1 is 1.36 bits per heavy atom. The first-order chi connectivity index (χ1) is 10.4. The molecular formula is C15H20F3N3S. The summed E-state index contributed by atoms with van der Waals surface area (Å²) < 4.78 is 38.0. The van der Waals surface area contributed by atoms with Crippen molar-refractivity contribution in [1.29, 1.82) is 0 Å². The normalized spacial score (nSPS) is 29.0. The van der Waals surface area contributed by atoms with Crippen molar-refractivity contribution in [3.63, 3.8) is 0 Å². The first kappa shape index (κ1) is 16.1. The first-order valence-electron chi connectivity index (χ1n) is 7.73. The Kier molecular flexibility index (Phi) is 4.38. The lowest BCUT2D eigenvalue weighted by Crippen LogP contribution is -2.42. The summed E-state index contributed by atoms with van der Waals surface area (Å²) in [5, 5.41) is 0.413. The predicted octanol–water partition coefficient (Wildman–Crippen LogP) is 3.99. The lowest BCUT2D eigenvalue weighted by Gasteiger charge is -2.34. The summed E-state index contributed by atoms with van der Waals surface area (Å²) in [6.07, 6.45) is 2.62. The molecule has 3 nitrogen and oxygen atoms in total. The second-order valence-corrected chi connectivity index (χ2v) is 7.16. The Labute approximate surface area is 132 Å². The van der Waals surface area contributed by atoms with Gasteiger partial charge in [0.25, 0.3) is 0 Å². The van der Waals surface area contributed by atoms with E-state index in [1.807, 2.05) is 0 Å². The molecule has 2 aliphatic rings. The van der Waals surface area contributed by atoms with E-state index < -0.39 is 11.9 Å². The van der Waals surface area contributed by atoms with E-state index in [0.717, 1.165) is 31.1 Å². The lowest BCUT2D eigenvalue weighted by molar-refractivity contribution is -0.141. The summed E-state index contributed by atoms with van der Waals surface area (Å²) in [5.41, 5.74) is -0.505. The Morgan fingerprint density at radius 3 is 2.91 bits per heavy atom. The van der Waals surface area contributed by atoms with Gasteiger partial charge in [0, 0.05) is 23.4 Å². The van der Waals surface area contributed by atoms with Gasteiger partial charge in [-0.2, -0.15) is 13.2 Å². The van der Waals surface area contributed by atoms with Crippen LogP contribution in [0.25, 0.3) is 0 Å². The Balaban J connectivity index is 1.64. The Morgan fingerprint density at radius 2 is 2.18 bits per heavy atom. The molecule has 0 bridgehead atoms. The molecule has 0 radical (unpaired) electrons. The van der Waals surface area contributed by atoms with Crippen LogP contribution < -0.4 is 0 Å². The highest BCUT2D eigenvalue weighted by Gasteiger charge is 2.47. The molecule has 2 fully saturated rings. The minimum absolute atomic E-state index is 0.355. The van der Waals surface area contributed by atoms with Gasteiger partial charge in [0.1, 0.15) is 17.0 Å². The van der Waals surface area contributed by atoms with Gasteiger partial charge in [-0.3, -0.25) is 4.90 Å². The molecule has 2 saturated heterocycles. The zero-order chi connectivity index (χ0) is 15.8. The number of aromatic nitrogens is 2. The van der Waals surface area contributed by atoms with Gasteiger partial charge in [0.2, 0.25) is 0 Å². The van der Waals surface area contributed by atoms with Crippen LogP contribution in [0.15, 0.2) is 17.4 Å². The van der Waals surface area contributed by atoms with Gasteiger partial charge in [0.05, 0.1) is 0 Å². The summed E-state index contributed by atoms with van der Waals surface area (Å²) in [6.45, 7) is 3.37. The third-order valence-electron chi connectivity index (χ3n) is 5.05. The van der Waals surface area contributed by atoms with Gasteiger partial charge >= 0.3 is 6.18 Å². The van der Waals surface area contributed by atoms with E-state index in [0.29, 0.717) is 16.6 Å². The molecule has 0 spiro atoms. The third kappa shape index (κ3) is 2.97. The number of halogens is 3. The van der Waals surface area contributed by atoms with Gasteiger partial charge in [-0.25, -0.2) is 9.97 Å². The van der Waals surface area contributed by atoms with E-state index in [1.54, 1.807) is 0 Å². The van der Waals surface area contributed by atoms with Crippen molar-refractivity contribution in [3.8, 4) is 0 Å². The topological polar surface area (TPSA) is 29.0 Å². The number of hydrogen-bond donors (Lipinski definition) is 0. The van der Waals surface area contributed by atoms with Crippen LogP contribution in [-0.2, 0) is 6.18 Å². The Bertz CT molecular complexity index is 537. The van der Waals surface area contributed by atoms with Crippen LogP contribution in [0.4, 0.5) is 13.2 Å². The van der Waals surface area contributed by atoms with Crippen molar-refractivity contribution >= 4 is 11.8 Å². The van der Waals surface area contributed by atoms with Crippen LogP contribution in [0, 0.1) is 0 Å². The Hall–Kier alpha value is -0.820. The maximum Gasteiger partial charge on any atom is 0.433 e. The van der Waals surface area contributed by atoms with Crippen molar-refractivity contribution < 1.29 is 13.2 Å². The zero-order valence-corrected chi connectivity index (χ0v) is 13.4. The monoisotopic (exact) mass is 331 g/mol. The van der Waals surface area contributed by atoms with Crippen LogP contribution >= 0.6 is 11.8 Å². The molecule has 2 aliphatic heterocycles. The van der Waals surface area contributed by atoms with E-state index in [1.165, 1.54) is 37.4 Å². The molecule has 3 rings (SSSR count). The van der Waals surface area contributed by atoms with E-state index in [2.05, 4.69) is 21.8 Å². The molecule has 0 amide bonds. The highest BCUT2D eigenvalue weighted by atomic mass is 32.2. The number of thioether (sulfide) groups is 1. The molecule has 0 aromatic carbocycles. The summed E-state index contributed by atoms with van der Waals surface area (Å²) >= 11 is 1.41. The van der Waals surface area contributed by atoms with Crippen molar-refractivity contribution in [1.82, 2.24) is 14.9 Å². The quantitative estimate of drug-likeness (QED) is 0.616. The van der Waals surface area contributed by atoms with Gasteiger partial charge in [-0.05, 0) is 38.6 Å². The smallest absolute Gasteiger partial charge is 0.294 e. The second kappa shape index (κ2) is 6.00. The van der Waals surface area contributed by atoms with E-state index in [4.69, 9.17) is 0 Å². The fourth-order valence-electron chi connectivity index (χ4n) is 3.87. The number of hydrogen-bond acceptors (Lipinski definition) is 4. The van der Waals surface area contributed by atoms with Crippen molar-refractivity contribution in [2.75, 3.05) is 12.3 Å². The van der Waals surface area contributed by atoms with Crippen molar-refractivity contribution in [2.24, 2.45) is 0 Å². The number of rotatable bonds is 4. The maximum atomic E-state index is 12.7. The first-order valence-corrected chi connectivity index (χ1v) is 8.72. The summed E-state index contributed by atoms with van der Waals surface area (Å²) in [4.78, 5) is 9.87.